The summed E-state index contributed by atoms with van der Waals surface area (Å²) in [4.78, 5) is 50.1. The molecule has 3 rings (SSSR count). The van der Waals surface area contributed by atoms with Crippen LogP contribution in [-0.2, 0) is 19.2 Å². The molecule has 0 aromatic heterocycles. The van der Waals surface area contributed by atoms with E-state index in [0.717, 1.165) is 11.1 Å². The number of ketones is 2. The molecule has 0 radical (unpaired) electrons. The maximum absolute atomic E-state index is 13.0. The van der Waals surface area contributed by atoms with Crippen LogP contribution in [0.5, 0.6) is 0 Å². The van der Waals surface area contributed by atoms with E-state index in [0.29, 0.717) is 24.4 Å². The second kappa shape index (κ2) is 7.07. The van der Waals surface area contributed by atoms with Gasteiger partial charge < -0.3 is 0 Å². The summed E-state index contributed by atoms with van der Waals surface area (Å²) >= 11 is 0. The van der Waals surface area contributed by atoms with Crippen molar-refractivity contribution in [3.63, 3.8) is 0 Å². The summed E-state index contributed by atoms with van der Waals surface area (Å²) < 4.78 is 0. The lowest BCUT2D eigenvalue weighted by Crippen LogP contribution is -2.44. The molecule has 2 amide bonds. The van der Waals surface area contributed by atoms with Gasteiger partial charge in [-0.3, -0.25) is 19.2 Å². The number of Topliss-reactive ketones (excluding diaryl/α,β-unsaturated/α-hetero) is 1. The first-order chi connectivity index (χ1) is 12.4. The topological polar surface area (TPSA) is 74.8 Å². The van der Waals surface area contributed by atoms with Crippen molar-refractivity contribution >= 4 is 29.1 Å². The van der Waals surface area contributed by atoms with Crippen LogP contribution in [0.25, 0.3) is 0 Å². The number of carbonyl (C=O) groups excluding carboxylic acids is 4. The molecule has 1 aliphatic heterocycles. The molecule has 2 aliphatic rings. The zero-order valence-corrected chi connectivity index (χ0v) is 14.7. The number of nitrogens with zero attached hydrogens (tertiary/aromatic N) is 2. The number of hydrazine groups is 1. The van der Waals surface area contributed by atoms with Gasteiger partial charge in [-0.15, -0.1) is 0 Å². The molecule has 134 valence electrons. The Balaban J connectivity index is 2.03. The summed E-state index contributed by atoms with van der Waals surface area (Å²) in [6.07, 6.45) is 5.08. The van der Waals surface area contributed by atoms with E-state index < -0.39 is 23.4 Å². The van der Waals surface area contributed by atoms with Crippen molar-refractivity contribution in [3.05, 3.63) is 54.3 Å². The van der Waals surface area contributed by atoms with E-state index in [4.69, 9.17) is 0 Å². The second-order valence-corrected chi connectivity index (χ2v) is 6.76. The molecular formula is C20H20N2O4. The zero-order valence-electron chi connectivity index (χ0n) is 14.7. The molecule has 1 saturated heterocycles. The van der Waals surface area contributed by atoms with Crippen molar-refractivity contribution in [2.24, 2.45) is 11.8 Å². The quantitative estimate of drug-likeness (QED) is 0.463. The Hall–Kier alpha value is -3.02. The first kappa shape index (κ1) is 17.8. The van der Waals surface area contributed by atoms with Crippen LogP contribution < -0.4 is 5.01 Å². The third-order valence-corrected chi connectivity index (χ3v) is 4.43. The predicted octanol–water partition coefficient (Wildman–Crippen LogP) is 2.42. The lowest BCUT2D eigenvalue weighted by Gasteiger charge is -2.29. The van der Waals surface area contributed by atoms with Gasteiger partial charge in [-0.05, 0) is 43.0 Å². The fraction of sp³-hybridized carbons (Fsp3) is 0.300. The number of rotatable bonds is 5. The summed E-state index contributed by atoms with van der Waals surface area (Å²) in [5.41, 5.74) is 0.389. The van der Waals surface area contributed by atoms with Crippen LogP contribution in [0.2, 0.25) is 0 Å². The number of amides is 2. The van der Waals surface area contributed by atoms with Crippen LogP contribution in [0.1, 0.15) is 26.7 Å². The summed E-state index contributed by atoms with van der Waals surface area (Å²) in [6.45, 7) is 4.04. The highest BCUT2D eigenvalue weighted by Gasteiger charge is 2.49. The fourth-order valence-electron chi connectivity index (χ4n) is 3.05. The zero-order chi connectivity index (χ0) is 18.8. The molecule has 1 aromatic rings. The molecule has 1 heterocycles. The number of hydrogen-bond donors (Lipinski definition) is 0. The van der Waals surface area contributed by atoms with Gasteiger partial charge in [0.15, 0.2) is 0 Å². The number of anilines is 1. The van der Waals surface area contributed by atoms with Gasteiger partial charge in [0.25, 0.3) is 17.6 Å². The molecule has 0 saturated carbocycles. The van der Waals surface area contributed by atoms with Gasteiger partial charge in [0.2, 0.25) is 5.78 Å². The lowest BCUT2D eigenvalue weighted by molar-refractivity contribution is -0.136. The van der Waals surface area contributed by atoms with Gasteiger partial charge >= 0.3 is 0 Å². The Morgan fingerprint density at radius 3 is 2.27 bits per heavy atom. The van der Waals surface area contributed by atoms with Crippen molar-refractivity contribution in [3.8, 4) is 0 Å². The number of benzene rings is 1. The minimum Gasteiger partial charge on any atom is -0.285 e. The maximum Gasteiger partial charge on any atom is 0.259 e. The van der Waals surface area contributed by atoms with Gasteiger partial charge in [-0.1, -0.05) is 38.1 Å². The molecular weight excluding hydrogens is 332 g/mol. The van der Waals surface area contributed by atoms with Crippen LogP contribution in [-0.4, -0.2) is 28.4 Å². The van der Waals surface area contributed by atoms with Crippen molar-refractivity contribution in [1.29, 1.82) is 0 Å². The SMILES string of the molecule is CC(C)CCC1C(=O)N(C2=CC=CC(=O)C2=O)N(c2ccccc2)C1=O. The van der Waals surface area contributed by atoms with Gasteiger partial charge in [0.05, 0.1) is 5.69 Å². The van der Waals surface area contributed by atoms with Gasteiger partial charge in [-0.2, -0.15) is 0 Å². The minimum absolute atomic E-state index is 0.0910. The normalized spacial score (nSPS) is 20.4. The highest BCUT2D eigenvalue weighted by atomic mass is 16.2. The Labute approximate surface area is 151 Å². The minimum atomic E-state index is -0.854. The number of hydrogen-bond acceptors (Lipinski definition) is 4. The molecule has 26 heavy (non-hydrogen) atoms. The number of carbonyl (C=O) groups is 4. The maximum atomic E-state index is 13.0. The Bertz CT molecular complexity index is 823. The van der Waals surface area contributed by atoms with Crippen molar-refractivity contribution in [1.82, 2.24) is 5.01 Å². The lowest BCUT2D eigenvalue weighted by atomic mass is 9.97. The smallest absolute Gasteiger partial charge is 0.259 e. The van der Waals surface area contributed by atoms with E-state index in [1.807, 2.05) is 13.8 Å². The molecule has 0 bridgehead atoms. The summed E-state index contributed by atoms with van der Waals surface area (Å²) in [7, 11) is 0. The van der Waals surface area contributed by atoms with E-state index in [-0.39, 0.29) is 11.6 Å². The van der Waals surface area contributed by atoms with Crippen molar-refractivity contribution in [2.75, 3.05) is 5.01 Å². The fourth-order valence-corrected chi connectivity index (χ4v) is 3.05. The second-order valence-electron chi connectivity index (χ2n) is 6.76. The Kier molecular flexibility index (Phi) is 4.84. The van der Waals surface area contributed by atoms with Crippen molar-refractivity contribution < 1.29 is 19.2 Å². The largest absolute Gasteiger partial charge is 0.285 e. The number of para-hydroxylation sites is 1. The van der Waals surface area contributed by atoms with Crippen LogP contribution >= 0.6 is 0 Å². The molecule has 6 heteroatoms. The van der Waals surface area contributed by atoms with E-state index in [2.05, 4.69) is 0 Å². The van der Waals surface area contributed by atoms with E-state index in [1.54, 1.807) is 30.3 Å². The number of allylic oxidation sites excluding steroid dienone is 4. The summed E-state index contributed by atoms with van der Waals surface area (Å²) in [5.74, 6) is -2.86. The average Bonchev–Trinajstić information content (AvgIpc) is 2.86. The standard InChI is InChI=1S/C20H20N2O4/c1-13(2)11-12-15-19(25)21(14-7-4-3-5-8-14)22(20(15)26)16-9-6-10-17(23)18(16)24/h3-10,13,15H,11-12H2,1-2H3. The summed E-state index contributed by atoms with van der Waals surface area (Å²) in [6, 6.07) is 8.66. The van der Waals surface area contributed by atoms with Crippen LogP contribution in [0.3, 0.4) is 0 Å². The van der Waals surface area contributed by atoms with Crippen LogP contribution in [0, 0.1) is 11.8 Å². The molecule has 6 nitrogen and oxygen atoms in total. The molecule has 0 N–H and O–H groups in total. The average molecular weight is 352 g/mol. The van der Waals surface area contributed by atoms with Gasteiger partial charge in [0, 0.05) is 0 Å². The van der Waals surface area contributed by atoms with Gasteiger partial charge in [0.1, 0.15) is 11.6 Å². The van der Waals surface area contributed by atoms with Crippen LogP contribution in [0.15, 0.2) is 54.3 Å². The monoisotopic (exact) mass is 352 g/mol. The van der Waals surface area contributed by atoms with E-state index in [1.165, 1.54) is 17.2 Å². The Morgan fingerprint density at radius 2 is 1.62 bits per heavy atom. The van der Waals surface area contributed by atoms with Gasteiger partial charge in [-0.25, -0.2) is 10.0 Å². The molecule has 1 fully saturated rings. The Morgan fingerprint density at radius 1 is 0.962 bits per heavy atom. The van der Waals surface area contributed by atoms with E-state index >= 15 is 0 Å². The predicted molar refractivity (Wildman–Crippen MR) is 95.6 cm³/mol. The van der Waals surface area contributed by atoms with E-state index in [9.17, 15) is 19.2 Å². The molecule has 1 unspecified atom stereocenters. The third-order valence-electron chi connectivity index (χ3n) is 4.43. The molecule has 0 spiro atoms. The first-order valence-corrected chi connectivity index (χ1v) is 8.61. The highest BCUT2D eigenvalue weighted by molar-refractivity contribution is 6.48. The highest BCUT2D eigenvalue weighted by Crippen LogP contribution is 2.33. The molecule has 1 aliphatic carbocycles. The molecule has 1 aromatic carbocycles. The third kappa shape index (κ3) is 3.10. The summed E-state index contributed by atoms with van der Waals surface area (Å²) in [5, 5.41) is 2.27. The van der Waals surface area contributed by atoms with Crippen LogP contribution in [0.4, 0.5) is 5.69 Å². The van der Waals surface area contributed by atoms with Crippen molar-refractivity contribution in [2.45, 2.75) is 26.7 Å². The first-order valence-electron chi connectivity index (χ1n) is 8.61. The molecule has 1 atom stereocenters.